The number of aliphatic imine (C=N–C) groups is 1. The fraction of sp³-hybridized carbons (Fsp3) is 0.385. The van der Waals surface area contributed by atoms with Crippen LogP contribution in [0.15, 0.2) is 47.5 Å². The van der Waals surface area contributed by atoms with Gasteiger partial charge in [-0.2, -0.15) is 4.99 Å². The van der Waals surface area contributed by atoms with Crippen molar-refractivity contribution < 1.29 is 14.4 Å². The van der Waals surface area contributed by atoms with Gasteiger partial charge in [0.2, 0.25) is 5.91 Å². The van der Waals surface area contributed by atoms with Crippen LogP contribution in [0.5, 0.6) is 0 Å². The van der Waals surface area contributed by atoms with Crippen molar-refractivity contribution in [2.45, 2.75) is 51.2 Å². The number of piperidine rings is 1. The van der Waals surface area contributed by atoms with Crippen molar-refractivity contribution in [3.63, 3.8) is 0 Å². The maximum atomic E-state index is 12.7. The molecule has 2 aliphatic rings. The van der Waals surface area contributed by atoms with Crippen LogP contribution in [-0.2, 0) is 16.0 Å². The Morgan fingerprint density at radius 3 is 2.50 bits per heavy atom. The minimum atomic E-state index is -0.483. The van der Waals surface area contributed by atoms with Crippen molar-refractivity contribution in [1.29, 1.82) is 0 Å². The van der Waals surface area contributed by atoms with Crippen LogP contribution in [0.1, 0.15) is 54.1 Å². The summed E-state index contributed by atoms with van der Waals surface area (Å²) in [5.74, 6) is -0.682. The third kappa shape index (κ3) is 5.67. The van der Waals surface area contributed by atoms with Crippen LogP contribution in [-0.4, -0.2) is 46.1 Å². The average Bonchev–Trinajstić information content (AvgIpc) is 3.21. The summed E-state index contributed by atoms with van der Waals surface area (Å²) in [4.78, 5) is 43.9. The Bertz CT molecular complexity index is 1110. The molecule has 1 saturated heterocycles. The van der Waals surface area contributed by atoms with Crippen LogP contribution in [0, 0.1) is 6.92 Å². The number of likely N-dealkylation sites (tertiary alicyclic amines) is 1. The average molecular weight is 479 g/mol. The fourth-order valence-electron chi connectivity index (χ4n) is 4.20. The first kappa shape index (κ1) is 24.0. The molecule has 0 spiro atoms. The number of nitrogens with one attached hydrogen (secondary N) is 2. The molecule has 178 valence electrons. The van der Waals surface area contributed by atoms with E-state index in [9.17, 15) is 14.4 Å². The van der Waals surface area contributed by atoms with Gasteiger partial charge in [-0.15, -0.1) is 0 Å². The van der Waals surface area contributed by atoms with Crippen molar-refractivity contribution in [2.24, 2.45) is 4.99 Å². The van der Waals surface area contributed by atoms with E-state index in [-0.39, 0.29) is 24.1 Å². The summed E-state index contributed by atoms with van der Waals surface area (Å²) in [6.45, 7) is 5.87. The number of nitrogens with zero attached hydrogens (tertiary/aromatic N) is 2. The molecule has 3 amide bonds. The second-order valence-corrected chi connectivity index (χ2v) is 9.80. The molecule has 0 unspecified atom stereocenters. The Morgan fingerprint density at radius 2 is 1.79 bits per heavy atom. The number of rotatable bonds is 6. The van der Waals surface area contributed by atoms with Gasteiger partial charge in [-0.25, -0.2) is 0 Å². The Morgan fingerprint density at radius 1 is 1.06 bits per heavy atom. The van der Waals surface area contributed by atoms with Gasteiger partial charge in [0.05, 0.1) is 0 Å². The molecule has 0 aromatic heterocycles. The lowest BCUT2D eigenvalue weighted by atomic mass is 10.1. The first-order valence-electron chi connectivity index (χ1n) is 11.8. The lowest BCUT2D eigenvalue weighted by Gasteiger charge is -2.27. The maximum Gasteiger partial charge on any atom is 0.262 e. The number of anilines is 2. The zero-order valence-electron chi connectivity index (χ0n) is 19.6. The summed E-state index contributed by atoms with van der Waals surface area (Å²) < 4.78 is 0. The summed E-state index contributed by atoms with van der Waals surface area (Å²) in [6.07, 6.45) is 4.32. The van der Waals surface area contributed by atoms with Crippen molar-refractivity contribution in [3.8, 4) is 0 Å². The van der Waals surface area contributed by atoms with Crippen molar-refractivity contribution in [1.82, 2.24) is 4.90 Å². The van der Waals surface area contributed by atoms with Crippen LogP contribution >= 0.6 is 11.8 Å². The van der Waals surface area contributed by atoms with Crippen LogP contribution in [0.25, 0.3) is 0 Å². The van der Waals surface area contributed by atoms with Gasteiger partial charge < -0.3 is 15.5 Å². The molecule has 8 heteroatoms. The minimum Gasteiger partial charge on any atom is -0.351 e. The van der Waals surface area contributed by atoms with E-state index in [4.69, 9.17) is 0 Å². The highest BCUT2D eigenvalue weighted by Crippen LogP contribution is 2.29. The third-order valence-electron chi connectivity index (χ3n) is 6.14. The van der Waals surface area contributed by atoms with Gasteiger partial charge >= 0.3 is 0 Å². The molecule has 1 atom stereocenters. The van der Waals surface area contributed by atoms with Crippen LogP contribution in [0.4, 0.5) is 11.4 Å². The van der Waals surface area contributed by atoms with Crippen molar-refractivity contribution in [2.75, 3.05) is 23.7 Å². The molecule has 1 fully saturated rings. The number of hydrogen-bond donors (Lipinski definition) is 2. The number of para-hydroxylation sites is 1. The normalized spacial score (nSPS) is 17.9. The van der Waals surface area contributed by atoms with Crippen molar-refractivity contribution >= 4 is 46.0 Å². The maximum absolute atomic E-state index is 12.7. The highest BCUT2D eigenvalue weighted by molar-refractivity contribution is 8.15. The standard InChI is InChI=1S/C26H30N4O3S/c1-3-18-9-7-8-17(2)23(18)28-24(32)19-10-12-20(13-11-19)27-22(31)16-21-25(33)29-26(34-21)30-14-5-4-6-15-30/h7-13,21H,3-6,14-16H2,1-2H3,(H,27,31)(H,28,32)/t21-/m1/s1. The number of amidine groups is 1. The smallest absolute Gasteiger partial charge is 0.262 e. The van der Waals surface area contributed by atoms with Crippen molar-refractivity contribution in [3.05, 3.63) is 59.2 Å². The summed E-state index contributed by atoms with van der Waals surface area (Å²) in [7, 11) is 0. The van der Waals surface area contributed by atoms with Gasteiger partial charge in [0, 0.05) is 36.4 Å². The number of amides is 3. The van der Waals surface area contributed by atoms with Gasteiger partial charge in [-0.3, -0.25) is 14.4 Å². The summed E-state index contributed by atoms with van der Waals surface area (Å²) >= 11 is 1.39. The van der Waals surface area contributed by atoms with Crippen LogP contribution < -0.4 is 10.6 Å². The molecule has 0 saturated carbocycles. The highest BCUT2D eigenvalue weighted by Gasteiger charge is 2.33. The molecule has 4 rings (SSSR count). The van der Waals surface area contributed by atoms with E-state index in [1.165, 1.54) is 18.2 Å². The van der Waals surface area contributed by atoms with E-state index >= 15 is 0 Å². The molecule has 2 heterocycles. The molecular weight excluding hydrogens is 448 g/mol. The molecule has 2 aromatic rings. The predicted octanol–water partition coefficient (Wildman–Crippen LogP) is 4.62. The second kappa shape index (κ2) is 10.9. The molecule has 2 N–H and O–H groups in total. The summed E-state index contributed by atoms with van der Waals surface area (Å²) in [5, 5.41) is 6.10. The van der Waals surface area contributed by atoms with E-state index in [2.05, 4.69) is 27.4 Å². The number of carbonyl (C=O) groups excluding carboxylic acids is 3. The summed E-state index contributed by atoms with van der Waals surface area (Å²) in [5.41, 5.74) is 4.04. The predicted molar refractivity (Wildman–Crippen MR) is 137 cm³/mol. The molecule has 0 bridgehead atoms. The highest BCUT2D eigenvalue weighted by atomic mass is 32.2. The number of carbonyl (C=O) groups is 3. The lowest BCUT2D eigenvalue weighted by Crippen LogP contribution is -2.33. The van der Waals surface area contributed by atoms with E-state index in [0.29, 0.717) is 11.3 Å². The third-order valence-corrected chi connectivity index (χ3v) is 7.35. The van der Waals surface area contributed by atoms with E-state index < -0.39 is 5.25 Å². The molecule has 0 aliphatic carbocycles. The molecule has 2 aromatic carbocycles. The zero-order chi connectivity index (χ0) is 24.1. The van der Waals surface area contributed by atoms with Gasteiger partial charge in [0.1, 0.15) is 5.25 Å². The number of thioether (sulfide) groups is 1. The molecule has 7 nitrogen and oxygen atoms in total. The van der Waals surface area contributed by atoms with Gasteiger partial charge in [0.15, 0.2) is 5.17 Å². The zero-order valence-corrected chi connectivity index (χ0v) is 20.4. The van der Waals surface area contributed by atoms with Crippen LogP contribution in [0.2, 0.25) is 0 Å². The summed E-state index contributed by atoms with van der Waals surface area (Å²) in [6, 6.07) is 12.7. The molecule has 2 aliphatic heterocycles. The first-order chi connectivity index (χ1) is 16.4. The lowest BCUT2D eigenvalue weighted by molar-refractivity contribution is -0.121. The fourth-order valence-corrected chi connectivity index (χ4v) is 5.32. The SMILES string of the molecule is CCc1cccc(C)c1NC(=O)c1ccc(NC(=O)C[C@H]2SC(N3CCCCC3)=NC2=O)cc1. The number of aryl methyl sites for hydroxylation is 2. The monoisotopic (exact) mass is 478 g/mol. The van der Waals surface area contributed by atoms with E-state index in [1.54, 1.807) is 24.3 Å². The Balaban J connectivity index is 1.31. The Labute approximate surface area is 204 Å². The number of benzene rings is 2. The molecule has 0 radical (unpaired) electrons. The van der Waals surface area contributed by atoms with E-state index in [1.807, 2.05) is 25.1 Å². The second-order valence-electron chi connectivity index (χ2n) is 8.63. The van der Waals surface area contributed by atoms with Gasteiger partial charge in [0.25, 0.3) is 11.8 Å². The van der Waals surface area contributed by atoms with Gasteiger partial charge in [-0.1, -0.05) is 36.9 Å². The molecule has 34 heavy (non-hydrogen) atoms. The number of hydrogen-bond acceptors (Lipinski definition) is 5. The van der Waals surface area contributed by atoms with Crippen LogP contribution in [0.3, 0.4) is 0 Å². The topological polar surface area (TPSA) is 90.9 Å². The quantitative estimate of drug-likeness (QED) is 0.632. The van der Waals surface area contributed by atoms with Gasteiger partial charge in [-0.05, 0) is 68.0 Å². The Hall–Kier alpha value is -3.13. The largest absolute Gasteiger partial charge is 0.351 e. The molecular formula is C26H30N4O3S. The minimum absolute atomic E-state index is 0.0691. The first-order valence-corrected chi connectivity index (χ1v) is 12.7. The Kier molecular flexibility index (Phi) is 7.67. The van der Waals surface area contributed by atoms with E-state index in [0.717, 1.165) is 54.3 Å².